The van der Waals surface area contributed by atoms with Gasteiger partial charge in [0.2, 0.25) is 5.88 Å². The van der Waals surface area contributed by atoms with E-state index in [4.69, 9.17) is 9.84 Å². The monoisotopic (exact) mass is 398 g/mol. The zero-order valence-corrected chi connectivity index (χ0v) is 16.1. The maximum atomic E-state index is 11.8. The molecule has 3 heterocycles. The van der Waals surface area contributed by atoms with Crippen molar-refractivity contribution in [1.82, 2.24) is 15.0 Å². The average molecular weight is 398 g/mol. The quantitative estimate of drug-likeness (QED) is 0.458. The minimum absolute atomic E-state index is 0.360. The van der Waals surface area contributed by atoms with Gasteiger partial charge in [0.25, 0.3) is 5.91 Å². The number of aromatic amines is 1. The van der Waals surface area contributed by atoms with Crippen LogP contribution >= 0.6 is 0 Å². The first-order chi connectivity index (χ1) is 14.7. The van der Waals surface area contributed by atoms with Crippen molar-refractivity contribution >= 4 is 22.6 Å². The number of methoxy groups -OCH3 is 1. The minimum atomic E-state index is -0.477. The van der Waals surface area contributed by atoms with Crippen molar-refractivity contribution < 1.29 is 14.6 Å². The number of amides is 1. The lowest BCUT2D eigenvalue weighted by Crippen LogP contribution is -2.08. The lowest BCUT2D eigenvalue weighted by Gasteiger charge is -2.07. The molecule has 0 aliphatic rings. The van der Waals surface area contributed by atoms with Crippen LogP contribution in [0.1, 0.15) is 0 Å². The van der Waals surface area contributed by atoms with Gasteiger partial charge in [-0.15, -0.1) is 0 Å². The summed E-state index contributed by atoms with van der Waals surface area (Å²) in [5, 5.41) is 12.4. The predicted octanol–water partition coefficient (Wildman–Crippen LogP) is 3.23. The van der Waals surface area contributed by atoms with Gasteiger partial charge in [0.1, 0.15) is 12.3 Å². The topological polar surface area (TPSA) is 100 Å². The minimum Gasteiger partial charge on any atom is -0.481 e. The molecule has 0 saturated carbocycles. The number of aliphatic hydroxyl groups excluding tert-OH is 1. The summed E-state index contributed by atoms with van der Waals surface area (Å²) < 4.78 is 5.23. The number of nitrogens with zero attached hydrogens (tertiary/aromatic N) is 2. The molecular weight excluding hydrogens is 380 g/mol. The number of pyridine rings is 2. The molecule has 148 valence electrons. The largest absolute Gasteiger partial charge is 0.481 e. The van der Waals surface area contributed by atoms with Crippen molar-refractivity contribution in [3.05, 3.63) is 61.1 Å². The molecule has 3 aromatic heterocycles. The summed E-state index contributed by atoms with van der Waals surface area (Å²) in [7, 11) is 1.59. The number of hydrogen-bond donors (Lipinski definition) is 3. The maximum absolute atomic E-state index is 11.8. The van der Waals surface area contributed by atoms with Crippen LogP contribution in [0.25, 0.3) is 33.3 Å². The summed E-state index contributed by atoms with van der Waals surface area (Å²) in [6.07, 6.45) is 5.39. The van der Waals surface area contributed by atoms with E-state index in [9.17, 15) is 4.79 Å². The van der Waals surface area contributed by atoms with Crippen molar-refractivity contribution in [1.29, 1.82) is 0 Å². The highest BCUT2D eigenvalue weighted by atomic mass is 16.5. The molecule has 30 heavy (non-hydrogen) atoms. The average Bonchev–Trinajstić information content (AvgIpc) is 3.21. The normalized spacial score (nSPS) is 10.3. The smallest absolute Gasteiger partial charge is 0.300 e. The molecule has 0 spiro atoms. The Hall–Kier alpha value is -4.15. The number of carbonyl (C=O) groups excluding carboxylic acids is 1. The van der Waals surface area contributed by atoms with E-state index < -0.39 is 5.91 Å². The Labute approximate surface area is 172 Å². The summed E-state index contributed by atoms with van der Waals surface area (Å²) in [6.45, 7) is -0.360. The summed E-state index contributed by atoms with van der Waals surface area (Å²) in [5.74, 6) is 4.71. The van der Waals surface area contributed by atoms with Gasteiger partial charge in [0.15, 0.2) is 0 Å². The second-order valence-electron chi connectivity index (χ2n) is 6.40. The fourth-order valence-corrected chi connectivity index (χ4v) is 3.15. The van der Waals surface area contributed by atoms with E-state index in [-0.39, 0.29) is 6.61 Å². The molecule has 0 fully saturated rings. The van der Waals surface area contributed by atoms with E-state index in [2.05, 4.69) is 32.1 Å². The highest BCUT2D eigenvalue weighted by Crippen LogP contribution is 2.32. The lowest BCUT2D eigenvalue weighted by atomic mass is 10.0. The van der Waals surface area contributed by atoms with Crippen molar-refractivity contribution in [2.45, 2.75) is 0 Å². The summed E-state index contributed by atoms with van der Waals surface area (Å²) in [6, 6.07) is 13.3. The molecule has 0 radical (unpaired) electrons. The fourth-order valence-electron chi connectivity index (χ4n) is 3.15. The molecule has 0 unspecified atom stereocenters. The standard InChI is InChI=1S/C23H18N4O3/c1-30-22-12-16(7-8-24-22)20-14-26-23-19(20)11-17(13-25-23)15-4-2-5-18(10-15)27-21(29)6-3-9-28/h2,4-5,7-8,10-14,28H,9H2,1H3,(H,25,26)(H,27,29). The number of hydrogen-bond acceptors (Lipinski definition) is 5. The van der Waals surface area contributed by atoms with Crippen molar-refractivity contribution in [3.63, 3.8) is 0 Å². The first-order valence-corrected chi connectivity index (χ1v) is 9.16. The second kappa shape index (κ2) is 8.47. The molecule has 1 aromatic carbocycles. The number of aliphatic hydroxyl groups is 1. The third-order valence-corrected chi connectivity index (χ3v) is 4.52. The van der Waals surface area contributed by atoms with Crippen LogP contribution < -0.4 is 10.1 Å². The molecule has 1 amide bonds. The molecule has 0 aliphatic carbocycles. The van der Waals surface area contributed by atoms with Crippen LogP contribution in [0.4, 0.5) is 5.69 Å². The van der Waals surface area contributed by atoms with E-state index >= 15 is 0 Å². The van der Waals surface area contributed by atoms with Crippen LogP contribution in [0.3, 0.4) is 0 Å². The third kappa shape index (κ3) is 3.99. The summed E-state index contributed by atoms with van der Waals surface area (Å²) in [5.41, 5.74) is 5.14. The molecule has 0 atom stereocenters. The van der Waals surface area contributed by atoms with E-state index in [0.29, 0.717) is 11.6 Å². The number of rotatable bonds is 4. The number of benzene rings is 1. The van der Waals surface area contributed by atoms with Crippen molar-refractivity contribution in [2.24, 2.45) is 0 Å². The van der Waals surface area contributed by atoms with Gasteiger partial charge in [0, 0.05) is 46.9 Å². The second-order valence-corrected chi connectivity index (χ2v) is 6.40. The summed E-state index contributed by atoms with van der Waals surface area (Å²) >= 11 is 0. The van der Waals surface area contributed by atoms with Crippen LogP contribution in [0.15, 0.2) is 61.1 Å². The SMILES string of the molecule is COc1cc(-c2c[nH]c3ncc(-c4cccc(NC(=O)C#CCO)c4)cc23)ccn1. The van der Waals surface area contributed by atoms with Crippen molar-refractivity contribution in [2.75, 3.05) is 19.0 Å². The van der Waals surface area contributed by atoms with Crippen molar-refractivity contribution in [3.8, 4) is 40.0 Å². The maximum Gasteiger partial charge on any atom is 0.300 e. The number of carbonyl (C=O) groups is 1. The summed E-state index contributed by atoms with van der Waals surface area (Å²) in [4.78, 5) is 23.7. The van der Waals surface area contributed by atoms with Gasteiger partial charge in [-0.05, 0) is 41.3 Å². The number of H-pyrrole nitrogens is 1. The molecule has 4 rings (SSSR count). The highest BCUT2D eigenvalue weighted by molar-refractivity contribution is 6.04. The number of aromatic nitrogens is 3. The fraction of sp³-hybridized carbons (Fsp3) is 0.0870. The van der Waals surface area contributed by atoms with E-state index in [1.54, 1.807) is 25.6 Å². The first-order valence-electron chi connectivity index (χ1n) is 9.16. The Bertz CT molecular complexity index is 1280. The number of fused-ring (bicyclic) bond motifs is 1. The van der Waals surface area contributed by atoms with Crippen LogP contribution in [0, 0.1) is 11.8 Å². The van der Waals surface area contributed by atoms with Gasteiger partial charge in [0.05, 0.1) is 7.11 Å². The van der Waals surface area contributed by atoms with Gasteiger partial charge in [-0.1, -0.05) is 18.1 Å². The van der Waals surface area contributed by atoms with E-state index in [0.717, 1.165) is 33.3 Å². The molecule has 0 aliphatic heterocycles. The molecule has 0 bridgehead atoms. The van der Waals surface area contributed by atoms with Gasteiger partial charge < -0.3 is 20.1 Å². The van der Waals surface area contributed by atoms with Crippen LogP contribution in [-0.2, 0) is 4.79 Å². The Morgan fingerprint density at radius 3 is 2.90 bits per heavy atom. The molecule has 7 heteroatoms. The first kappa shape index (κ1) is 19.2. The Morgan fingerprint density at radius 1 is 1.17 bits per heavy atom. The van der Waals surface area contributed by atoms with Gasteiger partial charge in [-0.2, -0.15) is 0 Å². The third-order valence-electron chi connectivity index (χ3n) is 4.52. The Morgan fingerprint density at radius 2 is 2.07 bits per heavy atom. The van der Waals surface area contributed by atoms with E-state index in [1.807, 2.05) is 42.6 Å². The molecule has 4 aromatic rings. The number of ether oxygens (including phenoxy) is 1. The van der Waals surface area contributed by atoms with E-state index in [1.165, 1.54) is 0 Å². The zero-order chi connectivity index (χ0) is 20.9. The zero-order valence-electron chi connectivity index (χ0n) is 16.1. The molecule has 3 N–H and O–H groups in total. The molecular formula is C23H18N4O3. The van der Waals surface area contributed by atoms with Gasteiger partial charge in [-0.3, -0.25) is 4.79 Å². The van der Waals surface area contributed by atoms with Crippen LogP contribution in [0.2, 0.25) is 0 Å². The van der Waals surface area contributed by atoms with Gasteiger partial charge in [-0.25, -0.2) is 9.97 Å². The predicted molar refractivity (Wildman–Crippen MR) is 115 cm³/mol. The molecule has 0 saturated heterocycles. The molecule has 7 nitrogen and oxygen atoms in total. The van der Waals surface area contributed by atoms with Gasteiger partial charge >= 0.3 is 0 Å². The highest BCUT2D eigenvalue weighted by Gasteiger charge is 2.11. The number of nitrogens with one attached hydrogen (secondary N) is 2. The Kier molecular flexibility index (Phi) is 5.42. The van der Waals surface area contributed by atoms with Crippen LogP contribution in [0.5, 0.6) is 5.88 Å². The lowest BCUT2D eigenvalue weighted by molar-refractivity contribution is -0.111. The van der Waals surface area contributed by atoms with Crippen LogP contribution in [-0.4, -0.2) is 39.7 Å². The number of anilines is 1. The Balaban J connectivity index is 1.70.